The molecule has 2 N–H and O–H groups in total. The number of benzene rings is 1. The van der Waals surface area contributed by atoms with Crippen LogP contribution in [0.1, 0.15) is 11.1 Å². The van der Waals surface area contributed by atoms with E-state index in [1.807, 2.05) is 12.1 Å². The minimum absolute atomic E-state index is 0.107. The Morgan fingerprint density at radius 3 is 3.06 bits per heavy atom. The van der Waals surface area contributed by atoms with Crippen LogP contribution in [-0.4, -0.2) is 28.6 Å². The number of aromatic nitrogens is 1. The Hall–Kier alpha value is -1.88. The second-order valence-corrected chi connectivity index (χ2v) is 4.53. The number of H-pyrrole nitrogens is 1. The lowest BCUT2D eigenvalue weighted by atomic mass is 9.97. The predicted octanol–water partition coefficient (Wildman–Crippen LogP) is 2.26. The van der Waals surface area contributed by atoms with Crippen molar-refractivity contribution < 1.29 is 5.11 Å². The average Bonchev–Trinajstić information content (AvgIpc) is 2.65. The van der Waals surface area contributed by atoms with Crippen LogP contribution in [0.25, 0.3) is 10.9 Å². The summed E-state index contributed by atoms with van der Waals surface area (Å²) in [7, 11) is 2.06. The molecule has 5 nitrogen and oxygen atoms in total. The van der Waals surface area contributed by atoms with Crippen LogP contribution >= 0.6 is 0 Å². The number of nitrogens with zero attached hydrogens (tertiary/aromatic N) is 2. The molecule has 1 aromatic carbocycles. The van der Waals surface area contributed by atoms with E-state index in [0.29, 0.717) is 5.39 Å². The van der Waals surface area contributed by atoms with Gasteiger partial charge in [0.25, 0.3) is 0 Å². The summed E-state index contributed by atoms with van der Waals surface area (Å²) in [4.78, 5) is 15.8. The van der Waals surface area contributed by atoms with Crippen LogP contribution in [0.15, 0.2) is 17.3 Å². The fourth-order valence-electron chi connectivity index (χ4n) is 2.50. The minimum Gasteiger partial charge on any atom is -0.493 e. The van der Waals surface area contributed by atoms with Crippen molar-refractivity contribution in [2.75, 3.05) is 13.6 Å². The molecule has 0 atom stereocenters. The number of rotatable bonds is 1. The number of likely N-dealkylation sites (N-methyl/N-ethyl adjacent to an activating group) is 1. The van der Waals surface area contributed by atoms with Gasteiger partial charge in [0.2, 0.25) is 5.88 Å². The van der Waals surface area contributed by atoms with E-state index in [0.717, 1.165) is 30.6 Å². The maximum atomic E-state index is 10.7. The highest BCUT2D eigenvalue weighted by atomic mass is 16.3. The number of nitroso groups, excluding NO2 is 1. The lowest BCUT2D eigenvalue weighted by Gasteiger charge is -2.25. The van der Waals surface area contributed by atoms with Gasteiger partial charge >= 0.3 is 0 Å². The van der Waals surface area contributed by atoms with Gasteiger partial charge in [-0.3, -0.25) is 0 Å². The Labute approximate surface area is 98.0 Å². The van der Waals surface area contributed by atoms with Gasteiger partial charge in [-0.1, -0.05) is 12.1 Å². The zero-order valence-corrected chi connectivity index (χ0v) is 9.53. The molecular weight excluding hydrogens is 218 g/mol. The molecule has 3 rings (SSSR count). The first-order chi connectivity index (χ1) is 8.20. The molecule has 5 heteroatoms. The van der Waals surface area contributed by atoms with Gasteiger partial charge in [0.1, 0.15) is 0 Å². The van der Waals surface area contributed by atoms with E-state index in [4.69, 9.17) is 0 Å². The summed E-state index contributed by atoms with van der Waals surface area (Å²) < 4.78 is 0. The van der Waals surface area contributed by atoms with Crippen LogP contribution in [0.5, 0.6) is 5.88 Å². The summed E-state index contributed by atoms with van der Waals surface area (Å²) in [6, 6.07) is 3.87. The lowest BCUT2D eigenvalue weighted by Crippen LogP contribution is -2.26. The standard InChI is InChI=1S/C12H13N3O2/c1-15-5-4-7-2-3-8-10(9(7)6-15)13-12(16)11(8)14-17/h2-3,13,16H,4-6H2,1H3. The maximum Gasteiger partial charge on any atom is 0.219 e. The van der Waals surface area contributed by atoms with Gasteiger partial charge in [-0.15, -0.1) is 4.91 Å². The number of aromatic hydroxyl groups is 1. The van der Waals surface area contributed by atoms with Crippen LogP contribution in [0.3, 0.4) is 0 Å². The Balaban J connectivity index is 2.31. The lowest BCUT2D eigenvalue weighted by molar-refractivity contribution is 0.314. The molecular formula is C12H13N3O2. The van der Waals surface area contributed by atoms with Crippen molar-refractivity contribution in [2.24, 2.45) is 5.18 Å². The van der Waals surface area contributed by atoms with Gasteiger partial charge in [0.05, 0.1) is 5.52 Å². The Morgan fingerprint density at radius 1 is 1.47 bits per heavy atom. The van der Waals surface area contributed by atoms with Crippen molar-refractivity contribution in [3.05, 3.63) is 28.2 Å². The molecule has 17 heavy (non-hydrogen) atoms. The zero-order chi connectivity index (χ0) is 12.0. The molecule has 88 valence electrons. The topological polar surface area (TPSA) is 68.7 Å². The first-order valence-electron chi connectivity index (χ1n) is 5.58. The highest BCUT2D eigenvalue weighted by Gasteiger charge is 2.20. The van der Waals surface area contributed by atoms with Crippen molar-refractivity contribution in [1.29, 1.82) is 0 Å². The Morgan fingerprint density at radius 2 is 2.29 bits per heavy atom. The molecule has 0 amide bonds. The average molecular weight is 231 g/mol. The third-order valence-electron chi connectivity index (χ3n) is 3.41. The highest BCUT2D eigenvalue weighted by molar-refractivity contribution is 5.96. The summed E-state index contributed by atoms with van der Waals surface area (Å²) in [6.07, 6.45) is 0.991. The molecule has 0 saturated heterocycles. The predicted molar refractivity (Wildman–Crippen MR) is 65.5 cm³/mol. The van der Waals surface area contributed by atoms with Crippen molar-refractivity contribution in [1.82, 2.24) is 9.88 Å². The van der Waals surface area contributed by atoms with Crippen molar-refractivity contribution in [2.45, 2.75) is 13.0 Å². The maximum absolute atomic E-state index is 10.7. The van der Waals surface area contributed by atoms with Gasteiger partial charge in [0.15, 0.2) is 5.69 Å². The summed E-state index contributed by atoms with van der Waals surface area (Å²) >= 11 is 0. The first kappa shape index (κ1) is 10.3. The van der Waals surface area contributed by atoms with Gasteiger partial charge in [-0.05, 0) is 29.8 Å². The number of nitrogens with one attached hydrogen (secondary N) is 1. The number of hydrogen-bond acceptors (Lipinski definition) is 4. The van der Waals surface area contributed by atoms with Crippen molar-refractivity contribution in [3.8, 4) is 5.88 Å². The third-order valence-corrected chi connectivity index (χ3v) is 3.41. The van der Waals surface area contributed by atoms with Crippen LogP contribution < -0.4 is 0 Å². The molecule has 2 heterocycles. The molecule has 0 fully saturated rings. The Bertz CT molecular complexity index is 603. The van der Waals surface area contributed by atoms with E-state index in [-0.39, 0.29) is 11.6 Å². The molecule has 0 unspecified atom stereocenters. The second-order valence-electron chi connectivity index (χ2n) is 4.53. The molecule has 0 spiro atoms. The first-order valence-corrected chi connectivity index (χ1v) is 5.58. The van der Waals surface area contributed by atoms with E-state index in [9.17, 15) is 10.0 Å². The molecule has 1 aliphatic rings. The largest absolute Gasteiger partial charge is 0.493 e. The van der Waals surface area contributed by atoms with E-state index in [1.54, 1.807) is 0 Å². The van der Waals surface area contributed by atoms with E-state index in [1.165, 1.54) is 5.56 Å². The molecule has 2 aromatic rings. The normalized spacial score (nSPS) is 16.1. The Kier molecular flexibility index (Phi) is 2.16. The molecule has 0 saturated carbocycles. The third kappa shape index (κ3) is 1.43. The van der Waals surface area contributed by atoms with E-state index in [2.05, 4.69) is 22.1 Å². The summed E-state index contributed by atoms with van der Waals surface area (Å²) in [6.45, 7) is 1.86. The highest BCUT2D eigenvalue weighted by Crippen LogP contribution is 2.38. The summed E-state index contributed by atoms with van der Waals surface area (Å²) in [5.74, 6) is -0.142. The monoisotopic (exact) mass is 231 g/mol. The quantitative estimate of drug-likeness (QED) is 0.739. The number of aromatic amines is 1. The molecule has 0 aliphatic carbocycles. The fourth-order valence-corrected chi connectivity index (χ4v) is 2.50. The van der Waals surface area contributed by atoms with Gasteiger partial charge in [-0.2, -0.15) is 0 Å². The SMILES string of the molecule is CN1CCc2ccc3c(N=O)c(O)[nH]c3c2C1. The van der Waals surface area contributed by atoms with Gasteiger partial charge in [-0.25, -0.2) is 0 Å². The minimum atomic E-state index is -0.142. The zero-order valence-electron chi connectivity index (χ0n) is 9.53. The number of fused-ring (bicyclic) bond motifs is 3. The molecule has 1 aromatic heterocycles. The number of hydrogen-bond donors (Lipinski definition) is 2. The second kappa shape index (κ2) is 3.56. The van der Waals surface area contributed by atoms with E-state index >= 15 is 0 Å². The molecule has 0 radical (unpaired) electrons. The molecule has 0 bridgehead atoms. The molecule has 1 aliphatic heterocycles. The summed E-state index contributed by atoms with van der Waals surface area (Å²) in [5.41, 5.74) is 3.37. The fraction of sp³-hybridized carbons (Fsp3) is 0.333. The van der Waals surface area contributed by atoms with Gasteiger partial charge < -0.3 is 15.0 Å². The van der Waals surface area contributed by atoms with Crippen LogP contribution in [0.4, 0.5) is 5.69 Å². The van der Waals surface area contributed by atoms with Crippen LogP contribution in [0.2, 0.25) is 0 Å². The summed E-state index contributed by atoms with van der Waals surface area (Å²) in [5, 5.41) is 13.2. The van der Waals surface area contributed by atoms with Crippen LogP contribution in [-0.2, 0) is 13.0 Å². The van der Waals surface area contributed by atoms with Crippen molar-refractivity contribution in [3.63, 3.8) is 0 Å². The smallest absolute Gasteiger partial charge is 0.219 e. The van der Waals surface area contributed by atoms with Crippen molar-refractivity contribution >= 4 is 16.6 Å². The van der Waals surface area contributed by atoms with E-state index < -0.39 is 0 Å². The van der Waals surface area contributed by atoms with Gasteiger partial charge in [0, 0.05) is 18.5 Å². The van der Waals surface area contributed by atoms with Crippen LogP contribution in [0, 0.1) is 4.91 Å².